The van der Waals surface area contributed by atoms with Gasteiger partial charge in [0.25, 0.3) is 0 Å². The maximum absolute atomic E-state index is 11.9. The summed E-state index contributed by atoms with van der Waals surface area (Å²) in [5, 5.41) is 15.2. The molecule has 1 aromatic carbocycles. The zero-order valence-electron chi connectivity index (χ0n) is 12.1. The van der Waals surface area contributed by atoms with E-state index in [1.165, 1.54) is 32.1 Å². The van der Waals surface area contributed by atoms with Crippen LogP contribution in [0.2, 0.25) is 0 Å². The van der Waals surface area contributed by atoms with Crippen LogP contribution in [-0.2, 0) is 4.79 Å². The Hall–Kier alpha value is -1.62. The Morgan fingerprint density at radius 1 is 1.29 bits per heavy atom. The van der Waals surface area contributed by atoms with Crippen LogP contribution in [0.3, 0.4) is 0 Å². The normalized spacial score (nSPS) is 15.4. The van der Waals surface area contributed by atoms with Crippen molar-refractivity contribution in [2.45, 2.75) is 44.9 Å². The van der Waals surface area contributed by atoms with Crippen LogP contribution in [-0.4, -0.2) is 16.1 Å². The van der Waals surface area contributed by atoms with Gasteiger partial charge in [-0.15, -0.1) is 0 Å². The molecule has 0 heterocycles. The highest BCUT2D eigenvalue weighted by atomic mass is 32.1. The number of carbonyl (C=O) groups excluding carboxylic acids is 1. The molecule has 0 radical (unpaired) electrons. The molecule has 0 spiro atoms. The van der Waals surface area contributed by atoms with Gasteiger partial charge < -0.3 is 15.7 Å². The number of benzene rings is 1. The second-order valence-corrected chi connectivity index (χ2v) is 6.00. The quantitative estimate of drug-likeness (QED) is 0.744. The zero-order valence-corrected chi connectivity index (χ0v) is 12.9. The molecule has 0 aromatic heterocycles. The first-order valence-corrected chi connectivity index (χ1v) is 7.94. The summed E-state index contributed by atoms with van der Waals surface area (Å²) in [4.78, 5) is 11.9. The van der Waals surface area contributed by atoms with Gasteiger partial charge in [-0.2, -0.15) is 0 Å². The first-order chi connectivity index (χ1) is 10.1. The summed E-state index contributed by atoms with van der Waals surface area (Å²) in [5.74, 6) is 0.807. The Kier molecular flexibility index (Phi) is 5.99. The number of hydrogen-bond donors (Lipinski definition) is 3. The van der Waals surface area contributed by atoms with Gasteiger partial charge in [0.15, 0.2) is 5.11 Å². The van der Waals surface area contributed by atoms with E-state index in [2.05, 4.69) is 10.6 Å². The Morgan fingerprint density at radius 2 is 2.05 bits per heavy atom. The molecule has 0 atom stereocenters. The van der Waals surface area contributed by atoms with E-state index in [0.717, 1.165) is 6.42 Å². The van der Waals surface area contributed by atoms with E-state index in [1.807, 2.05) is 0 Å². The lowest BCUT2D eigenvalue weighted by Gasteiger charge is -2.21. The lowest BCUT2D eigenvalue weighted by Crippen LogP contribution is -2.34. The van der Waals surface area contributed by atoms with Crippen LogP contribution in [0.15, 0.2) is 24.3 Å². The molecule has 2 rings (SSSR count). The summed E-state index contributed by atoms with van der Waals surface area (Å²) in [6, 6.07) is 6.63. The highest BCUT2D eigenvalue weighted by Gasteiger charge is 2.15. The second-order valence-electron chi connectivity index (χ2n) is 5.60. The van der Waals surface area contributed by atoms with Crippen LogP contribution in [0, 0.1) is 5.92 Å². The fourth-order valence-electron chi connectivity index (χ4n) is 2.75. The number of thiocarbonyl (C=S) groups is 1. The number of phenolic OH excluding ortho intramolecular Hbond substituents is 1. The molecule has 114 valence electrons. The fourth-order valence-corrected chi connectivity index (χ4v) is 2.98. The predicted octanol–water partition coefficient (Wildman–Crippen LogP) is 3.57. The maximum atomic E-state index is 11.9. The predicted molar refractivity (Wildman–Crippen MR) is 88.3 cm³/mol. The van der Waals surface area contributed by atoms with E-state index in [9.17, 15) is 9.90 Å². The van der Waals surface area contributed by atoms with Gasteiger partial charge in [0.05, 0.1) is 0 Å². The highest BCUT2D eigenvalue weighted by Crippen LogP contribution is 2.27. The molecule has 1 aromatic rings. The minimum absolute atomic E-state index is 0.0433. The topological polar surface area (TPSA) is 61.4 Å². The lowest BCUT2D eigenvalue weighted by molar-refractivity contribution is -0.120. The lowest BCUT2D eigenvalue weighted by atomic mass is 9.86. The average Bonchev–Trinajstić information content (AvgIpc) is 2.46. The van der Waals surface area contributed by atoms with Crippen molar-refractivity contribution >= 4 is 28.9 Å². The van der Waals surface area contributed by atoms with Gasteiger partial charge in [-0.1, -0.05) is 38.2 Å². The van der Waals surface area contributed by atoms with Crippen molar-refractivity contribution in [2.24, 2.45) is 5.92 Å². The molecule has 0 unspecified atom stereocenters. The standard InChI is InChI=1S/C16H22N2O2S/c19-14-8-4-7-13(11-14)17-16(21)18-15(20)10-9-12-5-2-1-3-6-12/h4,7-8,11-12,19H,1-3,5-6,9-10H2,(H2,17,18,20,21). The minimum atomic E-state index is -0.0433. The molecule has 1 saturated carbocycles. The van der Waals surface area contributed by atoms with Crippen LogP contribution >= 0.6 is 12.2 Å². The molecule has 0 saturated heterocycles. The Bertz CT molecular complexity index is 499. The monoisotopic (exact) mass is 306 g/mol. The van der Waals surface area contributed by atoms with Crippen LogP contribution in [0.5, 0.6) is 5.75 Å². The third kappa shape index (κ3) is 5.71. The van der Waals surface area contributed by atoms with E-state index in [0.29, 0.717) is 18.0 Å². The zero-order chi connectivity index (χ0) is 15.1. The average molecular weight is 306 g/mol. The Morgan fingerprint density at radius 3 is 2.76 bits per heavy atom. The Labute approximate surface area is 130 Å². The van der Waals surface area contributed by atoms with E-state index >= 15 is 0 Å². The molecule has 4 nitrogen and oxygen atoms in total. The number of aromatic hydroxyl groups is 1. The van der Waals surface area contributed by atoms with Gasteiger partial charge in [-0.3, -0.25) is 4.79 Å². The molecule has 1 aliphatic carbocycles. The molecule has 1 fully saturated rings. The minimum Gasteiger partial charge on any atom is -0.508 e. The second kappa shape index (κ2) is 7.98. The number of carbonyl (C=O) groups is 1. The first kappa shape index (κ1) is 15.8. The smallest absolute Gasteiger partial charge is 0.226 e. The number of anilines is 1. The summed E-state index contributed by atoms with van der Waals surface area (Å²) in [5.41, 5.74) is 0.660. The number of nitrogens with one attached hydrogen (secondary N) is 2. The molecular formula is C16H22N2O2S. The maximum Gasteiger partial charge on any atom is 0.226 e. The van der Waals surface area contributed by atoms with Gasteiger partial charge in [-0.05, 0) is 36.7 Å². The van der Waals surface area contributed by atoms with E-state index in [1.54, 1.807) is 24.3 Å². The Balaban J connectivity index is 1.70. The first-order valence-electron chi connectivity index (χ1n) is 7.53. The van der Waals surface area contributed by atoms with Crippen LogP contribution < -0.4 is 10.6 Å². The molecule has 5 heteroatoms. The van der Waals surface area contributed by atoms with Crippen molar-refractivity contribution < 1.29 is 9.90 Å². The van der Waals surface area contributed by atoms with Gasteiger partial charge in [0.2, 0.25) is 5.91 Å². The molecule has 1 aliphatic rings. The van der Waals surface area contributed by atoms with E-state index in [-0.39, 0.29) is 16.8 Å². The van der Waals surface area contributed by atoms with E-state index in [4.69, 9.17) is 12.2 Å². The number of hydrogen-bond acceptors (Lipinski definition) is 3. The van der Waals surface area contributed by atoms with Gasteiger partial charge in [0, 0.05) is 18.2 Å². The fraction of sp³-hybridized carbons (Fsp3) is 0.500. The number of phenols is 1. The van der Waals surface area contributed by atoms with Crippen LogP contribution in [0.25, 0.3) is 0 Å². The summed E-state index contributed by atoms with van der Waals surface area (Å²) < 4.78 is 0. The molecular weight excluding hydrogens is 284 g/mol. The SMILES string of the molecule is O=C(CCC1CCCCC1)NC(=S)Nc1cccc(O)c1. The van der Waals surface area contributed by atoms with E-state index < -0.39 is 0 Å². The molecule has 3 N–H and O–H groups in total. The van der Waals surface area contributed by atoms with Gasteiger partial charge in [0.1, 0.15) is 5.75 Å². The largest absolute Gasteiger partial charge is 0.508 e. The van der Waals surface area contributed by atoms with Crippen molar-refractivity contribution in [3.8, 4) is 5.75 Å². The molecule has 1 amide bonds. The van der Waals surface area contributed by atoms with Crippen molar-refractivity contribution in [3.05, 3.63) is 24.3 Å². The van der Waals surface area contributed by atoms with Crippen molar-refractivity contribution in [1.82, 2.24) is 5.32 Å². The molecule has 0 bridgehead atoms. The molecule has 21 heavy (non-hydrogen) atoms. The van der Waals surface area contributed by atoms with Crippen LogP contribution in [0.1, 0.15) is 44.9 Å². The number of rotatable bonds is 4. The van der Waals surface area contributed by atoms with Crippen LogP contribution in [0.4, 0.5) is 5.69 Å². The van der Waals surface area contributed by atoms with Crippen molar-refractivity contribution in [2.75, 3.05) is 5.32 Å². The van der Waals surface area contributed by atoms with Crippen molar-refractivity contribution in [1.29, 1.82) is 0 Å². The van der Waals surface area contributed by atoms with Gasteiger partial charge in [-0.25, -0.2) is 0 Å². The third-order valence-corrected chi connectivity index (χ3v) is 4.07. The summed E-state index contributed by atoms with van der Waals surface area (Å²) in [6.45, 7) is 0. The summed E-state index contributed by atoms with van der Waals surface area (Å²) in [6.07, 6.45) is 7.89. The van der Waals surface area contributed by atoms with Gasteiger partial charge >= 0.3 is 0 Å². The third-order valence-electron chi connectivity index (χ3n) is 3.86. The summed E-state index contributed by atoms with van der Waals surface area (Å²) >= 11 is 5.10. The van der Waals surface area contributed by atoms with Crippen molar-refractivity contribution in [3.63, 3.8) is 0 Å². The highest BCUT2D eigenvalue weighted by molar-refractivity contribution is 7.80. The number of amides is 1. The summed E-state index contributed by atoms with van der Waals surface area (Å²) in [7, 11) is 0. The molecule has 0 aliphatic heterocycles.